The van der Waals surface area contributed by atoms with Crippen LogP contribution < -0.4 is 5.32 Å². The topological polar surface area (TPSA) is 115 Å². The van der Waals surface area contributed by atoms with Gasteiger partial charge in [-0.25, -0.2) is 9.97 Å². The number of benzene rings is 1. The third kappa shape index (κ3) is 6.38. The maximum atomic E-state index is 13.2. The Balaban J connectivity index is 1.58. The number of carbonyl (C=O) groups is 2. The molecule has 214 valence electrons. The maximum Gasteiger partial charge on any atom is 0.416 e. The average Bonchev–Trinajstić information content (AvgIpc) is 3.36. The molecular weight excluding hydrogens is 548 g/mol. The number of alkyl halides is 6. The Morgan fingerprint density at radius 2 is 1.52 bits per heavy atom. The number of halogens is 6. The summed E-state index contributed by atoms with van der Waals surface area (Å²) in [4.78, 5) is 39.6. The van der Waals surface area contributed by atoms with E-state index in [1.807, 2.05) is 13.8 Å². The minimum atomic E-state index is -5.11. The first-order chi connectivity index (χ1) is 18.6. The number of hydrogen-bond donors (Lipinski definition) is 1. The van der Waals surface area contributed by atoms with E-state index >= 15 is 0 Å². The molecule has 3 heterocycles. The molecule has 1 N–H and O–H groups in total. The predicted octanol–water partition coefficient (Wildman–Crippen LogP) is 3.84. The molecule has 1 aromatic carbocycles. The van der Waals surface area contributed by atoms with Gasteiger partial charge in [-0.05, 0) is 39.0 Å². The molecule has 3 unspecified atom stereocenters. The Bertz CT molecular complexity index is 1370. The minimum Gasteiger partial charge on any atom is -0.372 e. The van der Waals surface area contributed by atoms with Crippen molar-refractivity contribution in [3.8, 4) is 5.82 Å². The molecule has 0 saturated carbocycles. The van der Waals surface area contributed by atoms with Crippen molar-refractivity contribution in [3.05, 3.63) is 65.1 Å². The van der Waals surface area contributed by atoms with E-state index < -0.39 is 46.9 Å². The van der Waals surface area contributed by atoms with Crippen LogP contribution in [0, 0.1) is 0 Å². The van der Waals surface area contributed by atoms with E-state index in [4.69, 9.17) is 4.74 Å². The lowest BCUT2D eigenvalue weighted by molar-refractivity contribution is -0.143. The van der Waals surface area contributed by atoms with Crippen LogP contribution in [0.3, 0.4) is 0 Å². The van der Waals surface area contributed by atoms with Gasteiger partial charge in [0, 0.05) is 31.0 Å². The van der Waals surface area contributed by atoms with E-state index in [2.05, 4.69) is 25.4 Å². The largest absolute Gasteiger partial charge is 0.416 e. The van der Waals surface area contributed by atoms with Gasteiger partial charge < -0.3 is 15.0 Å². The molecule has 1 aliphatic heterocycles. The van der Waals surface area contributed by atoms with E-state index in [0.29, 0.717) is 25.2 Å². The lowest BCUT2D eigenvalue weighted by Crippen LogP contribution is -2.48. The highest BCUT2D eigenvalue weighted by Gasteiger charge is 2.38. The molecule has 16 heteroatoms. The fraction of sp³-hybridized carbons (Fsp3) is 0.417. The molecule has 0 bridgehead atoms. The fourth-order valence-corrected chi connectivity index (χ4v) is 4.21. The van der Waals surface area contributed by atoms with Crippen molar-refractivity contribution < 1.29 is 40.7 Å². The van der Waals surface area contributed by atoms with Crippen molar-refractivity contribution in [1.82, 2.24) is 34.9 Å². The first kappa shape index (κ1) is 28.9. The number of nitrogens with one attached hydrogen (secondary N) is 1. The van der Waals surface area contributed by atoms with Gasteiger partial charge in [-0.15, -0.1) is 5.10 Å². The van der Waals surface area contributed by atoms with Gasteiger partial charge in [-0.3, -0.25) is 14.6 Å². The first-order valence-corrected chi connectivity index (χ1v) is 11.9. The highest BCUT2D eigenvalue weighted by molar-refractivity contribution is 5.95. The number of rotatable bonds is 5. The summed E-state index contributed by atoms with van der Waals surface area (Å²) in [5, 5.41) is 6.52. The molecule has 1 saturated heterocycles. The Morgan fingerprint density at radius 3 is 2.10 bits per heavy atom. The van der Waals surface area contributed by atoms with Crippen LogP contribution >= 0.6 is 0 Å². The zero-order chi connectivity index (χ0) is 29.4. The molecular formula is C24H23F6N7O3. The van der Waals surface area contributed by atoms with Gasteiger partial charge in [-0.2, -0.15) is 31.0 Å². The number of aromatic nitrogens is 5. The predicted molar refractivity (Wildman–Crippen MR) is 125 cm³/mol. The lowest BCUT2D eigenvalue weighted by Gasteiger charge is -2.34. The molecule has 2 amide bonds. The Morgan fingerprint density at radius 1 is 0.950 bits per heavy atom. The van der Waals surface area contributed by atoms with Crippen LogP contribution in [0.4, 0.5) is 26.3 Å². The van der Waals surface area contributed by atoms with Gasteiger partial charge in [0.2, 0.25) is 5.82 Å². The number of amides is 2. The summed E-state index contributed by atoms with van der Waals surface area (Å²) in [7, 11) is 0. The molecule has 1 aliphatic rings. The molecule has 0 radical (unpaired) electrons. The summed E-state index contributed by atoms with van der Waals surface area (Å²) in [6.07, 6.45) is -6.83. The zero-order valence-corrected chi connectivity index (χ0v) is 21.3. The van der Waals surface area contributed by atoms with Crippen molar-refractivity contribution in [2.24, 2.45) is 0 Å². The normalized spacial score (nSPS) is 18.9. The number of hydrogen-bond acceptors (Lipinski definition) is 7. The second-order valence-corrected chi connectivity index (χ2v) is 9.24. The molecule has 3 aromatic rings. The Kier molecular flexibility index (Phi) is 7.83. The van der Waals surface area contributed by atoms with Crippen molar-refractivity contribution in [3.63, 3.8) is 0 Å². The molecule has 0 aliphatic carbocycles. The van der Waals surface area contributed by atoms with Crippen LogP contribution in [-0.4, -0.2) is 66.7 Å². The van der Waals surface area contributed by atoms with E-state index in [9.17, 15) is 35.9 Å². The molecule has 2 aromatic heterocycles. The third-order valence-electron chi connectivity index (χ3n) is 5.92. The van der Waals surface area contributed by atoms with Gasteiger partial charge >= 0.3 is 12.4 Å². The van der Waals surface area contributed by atoms with Crippen LogP contribution in [0.25, 0.3) is 5.82 Å². The molecule has 3 atom stereocenters. The Labute approximate surface area is 223 Å². The minimum absolute atomic E-state index is 0.0330. The summed E-state index contributed by atoms with van der Waals surface area (Å²) in [6, 6.07) is -0.456. The maximum absolute atomic E-state index is 13.2. The number of nitrogens with zero attached hydrogens (tertiary/aromatic N) is 6. The zero-order valence-electron chi connectivity index (χ0n) is 21.3. The first-order valence-electron chi connectivity index (χ1n) is 11.9. The summed E-state index contributed by atoms with van der Waals surface area (Å²) >= 11 is 0. The third-order valence-corrected chi connectivity index (χ3v) is 5.92. The monoisotopic (exact) mass is 571 g/mol. The van der Waals surface area contributed by atoms with Gasteiger partial charge in [0.05, 0.1) is 29.4 Å². The highest BCUT2D eigenvalue weighted by Crippen LogP contribution is 2.36. The molecule has 0 spiro atoms. The number of morpholine rings is 1. The summed E-state index contributed by atoms with van der Waals surface area (Å²) in [5.41, 5.74) is -4.02. The van der Waals surface area contributed by atoms with Crippen molar-refractivity contribution in [1.29, 1.82) is 0 Å². The van der Waals surface area contributed by atoms with Crippen LogP contribution in [0.2, 0.25) is 0 Å². The van der Waals surface area contributed by atoms with Crippen molar-refractivity contribution >= 4 is 11.8 Å². The summed E-state index contributed by atoms with van der Waals surface area (Å²) in [5.74, 6) is -1.76. The fourth-order valence-electron chi connectivity index (χ4n) is 4.21. The van der Waals surface area contributed by atoms with Gasteiger partial charge in [0.25, 0.3) is 11.8 Å². The Hall–Kier alpha value is -4.08. The molecule has 40 heavy (non-hydrogen) atoms. The second kappa shape index (κ2) is 10.8. The summed E-state index contributed by atoms with van der Waals surface area (Å²) in [6.45, 7) is 5.73. The van der Waals surface area contributed by atoms with Crippen LogP contribution in [0.1, 0.15) is 64.6 Å². The van der Waals surface area contributed by atoms with Crippen molar-refractivity contribution in [2.45, 2.75) is 51.4 Å². The smallest absolute Gasteiger partial charge is 0.372 e. The van der Waals surface area contributed by atoms with Crippen LogP contribution in [0.5, 0.6) is 0 Å². The van der Waals surface area contributed by atoms with Crippen LogP contribution in [0.15, 0.2) is 36.9 Å². The quantitative estimate of drug-likeness (QED) is 0.463. The second-order valence-electron chi connectivity index (χ2n) is 9.24. The number of carbonyl (C=O) groups excluding carboxylic acids is 2. The number of ether oxygens (including phenoxy) is 1. The molecule has 1 fully saturated rings. The summed E-state index contributed by atoms with van der Waals surface area (Å²) < 4.78 is 86.1. The van der Waals surface area contributed by atoms with E-state index in [1.54, 1.807) is 4.90 Å². The lowest BCUT2D eigenvalue weighted by atomic mass is 10.0. The van der Waals surface area contributed by atoms with Gasteiger partial charge in [-0.1, -0.05) is 0 Å². The van der Waals surface area contributed by atoms with Gasteiger partial charge in [0.15, 0.2) is 5.82 Å². The standard InChI is InChI=1S/C24H23F6N7O3/c1-12-9-36(10-13(2)40-12)22(39)19-33-11-37(35-19)20-18(31-4-5-32-20)14(3)34-21(38)15-6-16(23(25,26)27)8-17(7-15)24(28,29)30/h4-8,11-14H,9-10H2,1-3H3,(H,34,38). The molecule has 10 nitrogen and oxygen atoms in total. The highest BCUT2D eigenvalue weighted by atomic mass is 19.4. The van der Waals surface area contributed by atoms with Gasteiger partial charge in [0.1, 0.15) is 12.0 Å². The van der Waals surface area contributed by atoms with Crippen LogP contribution in [-0.2, 0) is 17.1 Å². The SMILES string of the molecule is CC1CN(C(=O)c2ncn(-c3nccnc3C(C)NC(=O)c3cc(C(F)(F)F)cc(C(F)(F)F)c3)n2)CC(C)O1. The molecule has 4 rings (SSSR count). The van der Waals surface area contributed by atoms with Crippen molar-refractivity contribution in [2.75, 3.05) is 13.1 Å². The van der Waals surface area contributed by atoms with E-state index in [1.165, 1.54) is 25.6 Å². The van der Waals surface area contributed by atoms with E-state index in [-0.39, 0.29) is 35.6 Å². The van der Waals surface area contributed by atoms with E-state index in [0.717, 1.165) is 4.68 Å². The average molecular weight is 571 g/mol.